The largest absolute Gasteiger partial charge is 0.494 e. The zero-order chi connectivity index (χ0) is 16.5. The number of carbonyl (C=O) groups is 1. The maximum Gasteiger partial charge on any atom is 0.220 e. The number of halogens is 1. The van der Waals surface area contributed by atoms with E-state index in [1.165, 1.54) is 0 Å². The van der Waals surface area contributed by atoms with Gasteiger partial charge in [0.2, 0.25) is 5.91 Å². The van der Waals surface area contributed by atoms with Crippen LogP contribution in [-0.2, 0) is 4.79 Å². The number of rotatable bonds is 8. The molecular weight excluding hydrogens is 356 g/mol. The second-order valence-corrected chi connectivity index (χ2v) is 6.15. The summed E-state index contributed by atoms with van der Waals surface area (Å²) in [4.78, 5) is 11.8. The Morgan fingerprint density at radius 1 is 1.17 bits per heavy atom. The van der Waals surface area contributed by atoms with Crippen LogP contribution >= 0.6 is 15.9 Å². The van der Waals surface area contributed by atoms with Gasteiger partial charge >= 0.3 is 0 Å². The van der Waals surface area contributed by atoms with E-state index in [4.69, 9.17) is 10.5 Å². The van der Waals surface area contributed by atoms with Crippen LogP contribution in [0.2, 0.25) is 0 Å². The summed E-state index contributed by atoms with van der Waals surface area (Å²) >= 11 is 3.39. The molecule has 0 spiro atoms. The molecule has 1 unspecified atom stereocenters. The first-order valence-electron chi connectivity index (χ1n) is 7.61. The van der Waals surface area contributed by atoms with E-state index in [-0.39, 0.29) is 11.9 Å². The van der Waals surface area contributed by atoms with E-state index in [0.29, 0.717) is 26.0 Å². The number of carbonyl (C=O) groups excluding carboxylic acids is 1. The normalized spacial score (nSPS) is 11.7. The van der Waals surface area contributed by atoms with E-state index in [1.807, 2.05) is 54.6 Å². The van der Waals surface area contributed by atoms with Crippen molar-refractivity contribution in [1.82, 2.24) is 5.32 Å². The van der Waals surface area contributed by atoms with Crippen LogP contribution in [0.5, 0.6) is 5.75 Å². The average Bonchev–Trinajstić information content (AvgIpc) is 2.57. The molecule has 4 nitrogen and oxygen atoms in total. The van der Waals surface area contributed by atoms with Crippen LogP contribution in [0, 0.1) is 0 Å². The molecule has 0 aliphatic heterocycles. The molecule has 0 saturated carbocycles. The first-order chi connectivity index (χ1) is 11.1. The van der Waals surface area contributed by atoms with Gasteiger partial charge in [0, 0.05) is 23.5 Å². The summed E-state index contributed by atoms with van der Waals surface area (Å²) in [6.45, 7) is 0.948. The van der Waals surface area contributed by atoms with Crippen molar-refractivity contribution in [3.8, 4) is 5.75 Å². The lowest BCUT2D eigenvalue weighted by atomic mass is 10.1. The Morgan fingerprint density at radius 2 is 1.96 bits per heavy atom. The van der Waals surface area contributed by atoms with E-state index >= 15 is 0 Å². The van der Waals surface area contributed by atoms with Gasteiger partial charge in [-0.2, -0.15) is 0 Å². The Labute approximate surface area is 145 Å². The maximum atomic E-state index is 11.8. The van der Waals surface area contributed by atoms with Crippen LogP contribution < -0.4 is 15.8 Å². The fraction of sp³-hybridized carbons (Fsp3) is 0.278. The predicted molar refractivity (Wildman–Crippen MR) is 95.3 cm³/mol. The highest BCUT2D eigenvalue weighted by molar-refractivity contribution is 9.10. The van der Waals surface area contributed by atoms with E-state index in [1.54, 1.807) is 0 Å². The van der Waals surface area contributed by atoms with Gasteiger partial charge in [0.1, 0.15) is 5.75 Å². The van der Waals surface area contributed by atoms with Crippen LogP contribution in [0.1, 0.15) is 24.4 Å². The van der Waals surface area contributed by atoms with Crippen LogP contribution in [0.4, 0.5) is 0 Å². The van der Waals surface area contributed by atoms with Crippen molar-refractivity contribution in [3.63, 3.8) is 0 Å². The number of nitrogens with two attached hydrogens (primary N) is 1. The molecule has 1 atom stereocenters. The summed E-state index contributed by atoms with van der Waals surface area (Å²) in [7, 11) is 0. The van der Waals surface area contributed by atoms with E-state index in [9.17, 15) is 4.79 Å². The van der Waals surface area contributed by atoms with Crippen LogP contribution in [0.25, 0.3) is 0 Å². The summed E-state index contributed by atoms with van der Waals surface area (Å²) in [6.07, 6.45) is 1.09. The first kappa shape index (κ1) is 17.5. The van der Waals surface area contributed by atoms with Crippen molar-refractivity contribution in [1.29, 1.82) is 0 Å². The van der Waals surface area contributed by atoms with Gasteiger partial charge in [-0.3, -0.25) is 4.79 Å². The van der Waals surface area contributed by atoms with Gasteiger partial charge in [0.25, 0.3) is 0 Å². The molecule has 0 aromatic heterocycles. The van der Waals surface area contributed by atoms with Crippen molar-refractivity contribution in [3.05, 3.63) is 64.6 Å². The molecular formula is C18H21BrN2O2. The summed E-state index contributed by atoms with van der Waals surface area (Å²) in [6, 6.07) is 17.2. The standard InChI is InChI=1S/C18H21BrN2O2/c19-15-8-4-9-16(12-15)23-11-5-10-18(22)21-13-17(20)14-6-2-1-3-7-14/h1-4,6-9,12,17H,5,10-11,13,20H2,(H,21,22). The van der Waals surface area contributed by atoms with Crippen LogP contribution in [0.3, 0.4) is 0 Å². The highest BCUT2D eigenvalue weighted by Crippen LogP contribution is 2.17. The van der Waals surface area contributed by atoms with Gasteiger partial charge in [0.15, 0.2) is 0 Å². The summed E-state index contributed by atoms with van der Waals surface area (Å²) < 4.78 is 6.57. The zero-order valence-corrected chi connectivity index (χ0v) is 14.5. The minimum absolute atomic E-state index is 0.00535. The zero-order valence-electron chi connectivity index (χ0n) is 12.9. The molecule has 0 bridgehead atoms. The first-order valence-corrected chi connectivity index (χ1v) is 8.40. The lowest BCUT2D eigenvalue weighted by molar-refractivity contribution is -0.121. The second-order valence-electron chi connectivity index (χ2n) is 5.23. The molecule has 0 radical (unpaired) electrons. The van der Waals surface area contributed by atoms with Gasteiger partial charge in [-0.15, -0.1) is 0 Å². The number of hydrogen-bond donors (Lipinski definition) is 2. The molecule has 23 heavy (non-hydrogen) atoms. The van der Waals surface area contributed by atoms with Gasteiger partial charge in [-0.1, -0.05) is 52.3 Å². The Balaban J connectivity index is 1.62. The minimum Gasteiger partial charge on any atom is -0.494 e. The third kappa shape index (κ3) is 6.42. The fourth-order valence-corrected chi connectivity index (χ4v) is 2.49. The van der Waals surface area contributed by atoms with E-state index in [0.717, 1.165) is 15.8 Å². The third-order valence-electron chi connectivity index (χ3n) is 3.36. The van der Waals surface area contributed by atoms with Gasteiger partial charge in [-0.25, -0.2) is 0 Å². The van der Waals surface area contributed by atoms with Crippen molar-refractivity contribution >= 4 is 21.8 Å². The molecule has 2 rings (SSSR count). The fourth-order valence-electron chi connectivity index (χ4n) is 2.11. The van der Waals surface area contributed by atoms with Gasteiger partial charge in [-0.05, 0) is 30.2 Å². The number of ether oxygens (including phenoxy) is 1. The minimum atomic E-state index is -0.182. The highest BCUT2D eigenvalue weighted by Gasteiger charge is 2.07. The Hall–Kier alpha value is -1.85. The molecule has 0 aliphatic carbocycles. The summed E-state index contributed by atoms with van der Waals surface area (Å²) in [5, 5.41) is 2.86. The predicted octanol–water partition coefficient (Wildman–Crippen LogP) is 3.42. The monoisotopic (exact) mass is 376 g/mol. The highest BCUT2D eigenvalue weighted by atomic mass is 79.9. The van der Waals surface area contributed by atoms with Crippen molar-refractivity contribution < 1.29 is 9.53 Å². The maximum absolute atomic E-state index is 11.8. The molecule has 0 fully saturated rings. The molecule has 122 valence electrons. The summed E-state index contributed by atoms with van der Waals surface area (Å²) in [5.74, 6) is 0.792. The van der Waals surface area contributed by atoms with E-state index < -0.39 is 0 Å². The SMILES string of the molecule is NC(CNC(=O)CCCOc1cccc(Br)c1)c1ccccc1. The van der Waals surface area contributed by atoms with Gasteiger partial charge < -0.3 is 15.8 Å². The second kappa shape index (κ2) is 9.33. The molecule has 5 heteroatoms. The molecule has 0 saturated heterocycles. The Bertz CT molecular complexity index is 619. The van der Waals surface area contributed by atoms with Crippen molar-refractivity contribution in [2.24, 2.45) is 5.73 Å². The number of amides is 1. The smallest absolute Gasteiger partial charge is 0.220 e. The van der Waals surface area contributed by atoms with E-state index in [2.05, 4.69) is 21.2 Å². The Kier molecular flexibility index (Phi) is 7.10. The van der Waals surface area contributed by atoms with Crippen LogP contribution in [0.15, 0.2) is 59.1 Å². The molecule has 2 aromatic carbocycles. The van der Waals surface area contributed by atoms with Gasteiger partial charge in [0.05, 0.1) is 6.61 Å². The third-order valence-corrected chi connectivity index (χ3v) is 3.85. The van der Waals surface area contributed by atoms with Crippen LogP contribution in [-0.4, -0.2) is 19.1 Å². The lowest BCUT2D eigenvalue weighted by Crippen LogP contribution is -2.31. The van der Waals surface area contributed by atoms with Crippen molar-refractivity contribution in [2.45, 2.75) is 18.9 Å². The number of benzene rings is 2. The Morgan fingerprint density at radius 3 is 2.70 bits per heavy atom. The average molecular weight is 377 g/mol. The molecule has 0 heterocycles. The quantitative estimate of drug-likeness (QED) is 0.693. The lowest BCUT2D eigenvalue weighted by Gasteiger charge is -2.13. The molecule has 2 aromatic rings. The number of hydrogen-bond acceptors (Lipinski definition) is 3. The topological polar surface area (TPSA) is 64.3 Å². The molecule has 1 amide bonds. The molecule has 3 N–H and O–H groups in total. The summed E-state index contributed by atoms with van der Waals surface area (Å²) in [5.41, 5.74) is 7.06. The molecule has 0 aliphatic rings. The van der Waals surface area contributed by atoms with Crippen molar-refractivity contribution in [2.75, 3.05) is 13.2 Å². The number of nitrogens with one attached hydrogen (secondary N) is 1.